The molecule has 2 aliphatic rings. The van der Waals surface area contributed by atoms with Gasteiger partial charge >= 0.3 is 0 Å². The second-order valence-electron chi connectivity index (χ2n) is 7.02. The summed E-state index contributed by atoms with van der Waals surface area (Å²) >= 11 is 0. The van der Waals surface area contributed by atoms with Crippen molar-refractivity contribution in [3.05, 3.63) is 36.0 Å². The minimum atomic E-state index is -0.202. The first-order valence-electron chi connectivity index (χ1n) is 9.75. The van der Waals surface area contributed by atoms with E-state index in [1.807, 2.05) is 22.9 Å². The highest BCUT2D eigenvalue weighted by Gasteiger charge is 2.19. The van der Waals surface area contributed by atoms with Gasteiger partial charge in [0.2, 0.25) is 11.7 Å². The topological polar surface area (TPSA) is 74.6 Å². The second kappa shape index (κ2) is 8.37. The van der Waals surface area contributed by atoms with Crippen LogP contribution < -0.4 is 19.5 Å². The van der Waals surface area contributed by atoms with Gasteiger partial charge in [0.25, 0.3) is 0 Å². The molecule has 28 heavy (non-hydrogen) atoms. The van der Waals surface area contributed by atoms with Crippen molar-refractivity contribution in [1.29, 1.82) is 0 Å². The van der Waals surface area contributed by atoms with Crippen molar-refractivity contribution in [2.24, 2.45) is 0 Å². The van der Waals surface area contributed by atoms with Crippen molar-refractivity contribution in [1.82, 2.24) is 9.78 Å². The standard InChI is InChI=1S/C21H25N3O4/c1-26-17-13-15(14-18-21(17)28-12-11-27-18)7-8-20(25)23-19-9-10-22-24(19)16-5-3-2-4-6-16/h7-10,13-14,16H,2-6,11-12H2,1H3,(H,23,25)/b8-7+. The number of ether oxygens (including phenoxy) is 3. The molecule has 1 saturated carbocycles. The van der Waals surface area contributed by atoms with Gasteiger partial charge < -0.3 is 19.5 Å². The number of rotatable bonds is 5. The average Bonchev–Trinajstić information content (AvgIpc) is 3.20. The zero-order valence-electron chi connectivity index (χ0n) is 16.0. The van der Waals surface area contributed by atoms with Crippen molar-refractivity contribution in [3.8, 4) is 17.2 Å². The van der Waals surface area contributed by atoms with Crippen molar-refractivity contribution in [2.75, 3.05) is 25.6 Å². The summed E-state index contributed by atoms with van der Waals surface area (Å²) in [5.74, 6) is 2.35. The predicted octanol–water partition coefficient (Wildman–Crippen LogP) is 3.82. The van der Waals surface area contributed by atoms with E-state index in [4.69, 9.17) is 14.2 Å². The van der Waals surface area contributed by atoms with Gasteiger partial charge in [0.1, 0.15) is 19.0 Å². The van der Waals surface area contributed by atoms with Crippen LogP contribution in [0.4, 0.5) is 5.82 Å². The molecule has 0 radical (unpaired) electrons. The van der Waals surface area contributed by atoms with E-state index >= 15 is 0 Å². The van der Waals surface area contributed by atoms with Gasteiger partial charge in [-0.1, -0.05) is 19.3 Å². The number of aromatic nitrogens is 2. The molecule has 7 nitrogen and oxygen atoms in total. The molecule has 2 aromatic rings. The molecule has 1 aliphatic carbocycles. The molecule has 0 saturated heterocycles. The summed E-state index contributed by atoms with van der Waals surface area (Å²) in [5, 5.41) is 7.35. The SMILES string of the molecule is COc1cc(/C=C/C(=O)Nc2ccnn2C2CCCCC2)cc2c1OCCO2. The van der Waals surface area contributed by atoms with E-state index in [1.54, 1.807) is 19.4 Å². The number of anilines is 1. The summed E-state index contributed by atoms with van der Waals surface area (Å²) in [6, 6.07) is 5.87. The third-order valence-electron chi connectivity index (χ3n) is 5.12. The van der Waals surface area contributed by atoms with E-state index in [1.165, 1.54) is 25.3 Å². The minimum absolute atomic E-state index is 0.202. The van der Waals surface area contributed by atoms with Crippen LogP contribution in [0.15, 0.2) is 30.5 Å². The number of benzene rings is 1. The number of hydrogen-bond donors (Lipinski definition) is 1. The number of fused-ring (bicyclic) bond motifs is 1. The van der Waals surface area contributed by atoms with Crippen molar-refractivity contribution in [2.45, 2.75) is 38.1 Å². The van der Waals surface area contributed by atoms with Gasteiger partial charge in [0, 0.05) is 12.1 Å². The highest BCUT2D eigenvalue weighted by Crippen LogP contribution is 2.40. The number of nitrogens with zero attached hydrogens (tertiary/aromatic N) is 2. The van der Waals surface area contributed by atoms with Crippen LogP contribution in [0.5, 0.6) is 17.2 Å². The summed E-state index contributed by atoms with van der Waals surface area (Å²) in [7, 11) is 1.58. The van der Waals surface area contributed by atoms with Crippen molar-refractivity contribution in [3.63, 3.8) is 0 Å². The molecule has 1 N–H and O–H groups in total. The van der Waals surface area contributed by atoms with Crippen LogP contribution >= 0.6 is 0 Å². The smallest absolute Gasteiger partial charge is 0.249 e. The monoisotopic (exact) mass is 383 g/mol. The molecule has 4 rings (SSSR count). The molecular weight excluding hydrogens is 358 g/mol. The molecule has 0 atom stereocenters. The maximum Gasteiger partial charge on any atom is 0.249 e. The van der Waals surface area contributed by atoms with Crippen molar-refractivity contribution < 1.29 is 19.0 Å². The van der Waals surface area contributed by atoms with Crippen LogP contribution in [0.1, 0.15) is 43.7 Å². The van der Waals surface area contributed by atoms with E-state index in [-0.39, 0.29) is 5.91 Å². The number of hydrogen-bond acceptors (Lipinski definition) is 5. The number of carbonyl (C=O) groups is 1. The molecule has 0 unspecified atom stereocenters. The summed E-state index contributed by atoms with van der Waals surface area (Å²) in [6.07, 6.45) is 10.9. The molecule has 7 heteroatoms. The van der Waals surface area contributed by atoms with Gasteiger partial charge in [-0.25, -0.2) is 4.68 Å². The fourth-order valence-corrected chi connectivity index (χ4v) is 3.76. The van der Waals surface area contributed by atoms with Crippen LogP contribution in [-0.4, -0.2) is 36.0 Å². The third-order valence-corrected chi connectivity index (χ3v) is 5.12. The van der Waals surface area contributed by atoms with Gasteiger partial charge in [-0.2, -0.15) is 5.10 Å². The van der Waals surface area contributed by atoms with Crippen LogP contribution in [0.2, 0.25) is 0 Å². The van der Waals surface area contributed by atoms with Gasteiger partial charge in [0.15, 0.2) is 11.5 Å². The summed E-state index contributed by atoms with van der Waals surface area (Å²) in [4.78, 5) is 12.4. The Morgan fingerprint density at radius 3 is 2.89 bits per heavy atom. The van der Waals surface area contributed by atoms with E-state index in [9.17, 15) is 4.79 Å². The minimum Gasteiger partial charge on any atom is -0.493 e. The normalized spacial score (nSPS) is 16.9. The Kier molecular flexibility index (Phi) is 5.50. The quantitative estimate of drug-likeness (QED) is 0.795. The Bertz CT molecular complexity index is 851. The number of carbonyl (C=O) groups excluding carboxylic acids is 1. The maximum atomic E-state index is 12.4. The number of methoxy groups -OCH3 is 1. The first-order valence-corrected chi connectivity index (χ1v) is 9.75. The van der Waals surface area contributed by atoms with Crippen LogP contribution in [0, 0.1) is 0 Å². The summed E-state index contributed by atoms with van der Waals surface area (Å²) in [5.41, 5.74) is 0.803. The number of amides is 1. The van der Waals surface area contributed by atoms with Crippen LogP contribution in [0.3, 0.4) is 0 Å². The Morgan fingerprint density at radius 2 is 2.07 bits per heavy atom. The number of nitrogens with one attached hydrogen (secondary N) is 1. The molecule has 0 spiro atoms. The Balaban J connectivity index is 1.46. The van der Waals surface area contributed by atoms with Gasteiger partial charge in [-0.05, 0) is 36.6 Å². The molecule has 148 valence electrons. The zero-order valence-corrected chi connectivity index (χ0v) is 16.0. The Hall–Kier alpha value is -2.96. The molecular formula is C21H25N3O4. The first kappa shape index (κ1) is 18.4. The fraction of sp³-hybridized carbons (Fsp3) is 0.429. The lowest BCUT2D eigenvalue weighted by Crippen LogP contribution is -2.19. The lowest BCUT2D eigenvalue weighted by molar-refractivity contribution is -0.111. The molecule has 2 heterocycles. The lowest BCUT2D eigenvalue weighted by atomic mass is 9.96. The largest absolute Gasteiger partial charge is 0.493 e. The first-order chi connectivity index (χ1) is 13.7. The predicted molar refractivity (Wildman–Crippen MR) is 106 cm³/mol. The zero-order chi connectivity index (χ0) is 19.3. The van der Waals surface area contributed by atoms with Gasteiger partial charge in [0.05, 0.1) is 19.3 Å². The van der Waals surface area contributed by atoms with Crippen LogP contribution in [0.25, 0.3) is 6.08 Å². The van der Waals surface area contributed by atoms with E-state index < -0.39 is 0 Å². The molecule has 0 bridgehead atoms. The Labute approximate surface area is 164 Å². The van der Waals surface area contributed by atoms with E-state index in [0.717, 1.165) is 24.2 Å². The third kappa shape index (κ3) is 3.98. The summed E-state index contributed by atoms with van der Waals surface area (Å²) in [6.45, 7) is 0.991. The lowest BCUT2D eigenvalue weighted by Gasteiger charge is -2.23. The van der Waals surface area contributed by atoms with Gasteiger partial charge in [-0.3, -0.25) is 4.79 Å². The molecule has 1 aromatic heterocycles. The van der Waals surface area contributed by atoms with Gasteiger partial charge in [-0.15, -0.1) is 0 Å². The summed E-state index contributed by atoms with van der Waals surface area (Å²) < 4.78 is 18.6. The highest BCUT2D eigenvalue weighted by molar-refractivity contribution is 6.01. The highest BCUT2D eigenvalue weighted by atomic mass is 16.6. The average molecular weight is 383 g/mol. The van der Waals surface area contributed by atoms with Crippen LogP contribution in [-0.2, 0) is 4.79 Å². The molecule has 1 aromatic carbocycles. The van der Waals surface area contributed by atoms with Crippen molar-refractivity contribution >= 4 is 17.8 Å². The Morgan fingerprint density at radius 1 is 1.25 bits per heavy atom. The molecule has 1 aliphatic heterocycles. The molecule has 1 amide bonds. The second-order valence-corrected chi connectivity index (χ2v) is 7.02. The van der Waals surface area contributed by atoms with E-state index in [0.29, 0.717) is 36.5 Å². The fourth-order valence-electron chi connectivity index (χ4n) is 3.76. The van der Waals surface area contributed by atoms with E-state index in [2.05, 4.69) is 10.4 Å². The molecule has 1 fully saturated rings. The maximum absolute atomic E-state index is 12.4.